The van der Waals surface area contributed by atoms with Crippen molar-refractivity contribution in [2.75, 3.05) is 35.0 Å². The summed E-state index contributed by atoms with van der Waals surface area (Å²) in [5.41, 5.74) is 2.93. The molecule has 0 aliphatic rings. The first kappa shape index (κ1) is 24.8. The summed E-state index contributed by atoms with van der Waals surface area (Å²) in [5.74, 6) is 1.70. The van der Waals surface area contributed by atoms with Gasteiger partial charge >= 0.3 is 5.97 Å². The molecule has 2 aromatic carbocycles. The standard InChI is InChI=1S/C27H29N3O6/c1-6-11-36-27(31)26-20(15-30-10-9-28-16-30)29-19-14-24(35-5)23(34-4)13-18(19)25(26)17-7-8-21(32-2)22(12-17)33-3/h7-10,12-14,16H,6,11,15H2,1-5H3. The maximum atomic E-state index is 13.5. The van der Waals surface area contributed by atoms with Crippen molar-refractivity contribution in [2.45, 2.75) is 19.9 Å². The van der Waals surface area contributed by atoms with E-state index in [1.807, 2.05) is 35.9 Å². The Balaban J connectivity index is 2.09. The van der Waals surface area contributed by atoms with Crippen LogP contribution in [0.3, 0.4) is 0 Å². The fourth-order valence-corrected chi connectivity index (χ4v) is 4.09. The number of fused-ring (bicyclic) bond motifs is 1. The molecule has 0 aliphatic heterocycles. The monoisotopic (exact) mass is 491 g/mol. The molecule has 0 spiro atoms. The number of ether oxygens (including phenoxy) is 5. The average Bonchev–Trinajstić information content (AvgIpc) is 3.42. The van der Waals surface area contributed by atoms with Crippen LogP contribution in [0, 0.1) is 0 Å². The van der Waals surface area contributed by atoms with Crippen LogP contribution in [0.25, 0.3) is 22.0 Å². The fraction of sp³-hybridized carbons (Fsp3) is 0.296. The molecular formula is C27H29N3O6. The predicted octanol–water partition coefficient (Wildman–Crippen LogP) is 4.75. The van der Waals surface area contributed by atoms with Crippen LogP contribution in [0.15, 0.2) is 49.1 Å². The lowest BCUT2D eigenvalue weighted by Crippen LogP contribution is -2.15. The number of rotatable bonds is 10. The zero-order chi connectivity index (χ0) is 25.7. The van der Waals surface area contributed by atoms with E-state index >= 15 is 0 Å². The Kier molecular flexibility index (Phi) is 7.58. The van der Waals surface area contributed by atoms with Gasteiger partial charge in [-0.05, 0) is 30.2 Å². The van der Waals surface area contributed by atoms with Gasteiger partial charge < -0.3 is 28.3 Å². The highest BCUT2D eigenvalue weighted by atomic mass is 16.5. The Hall–Kier alpha value is -4.27. The van der Waals surface area contributed by atoms with Crippen LogP contribution in [-0.2, 0) is 11.3 Å². The van der Waals surface area contributed by atoms with Crippen LogP contribution in [0.1, 0.15) is 29.4 Å². The molecule has 0 saturated carbocycles. The molecule has 0 fully saturated rings. The molecule has 0 saturated heterocycles. The first-order chi connectivity index (χ1) is 17.5. The van der Waals surface area contributed by atoms with E-state index < -0.39 is 5.97 Å². The zero-order valence-electron chi connectivity index (χ0n) is 21.0. The molecule has 36 heavy (non-hydrogen) atoms. The van der Waals surface area contributed by atoms with E-state index in [0.29, 0.717) is 70.3 Å². The van der Waals surface area contributed by atoms with Crippen molar-refractivity contribution < 1.29 is 28.5 Å². The van der Waals surface area contributed by atoms with Crippen molar-refractivity contribution in [3.05, 3.63) is 60.3 Å². The molecule has 0 bridgehead atoms. The maximum absolute atomic E-state index is 13.5. The van der Waals surface area contributed by atoms with Gasteiger partial charge in [0.25, 0.3) is 0 Å². The van der Waals surface area contributed by atoms with Crippen molar-refractivity contribution in [3.63, 3.8) is 0 Å². The Bertz CT molecular complexity index is 1370. The second-order valence-corrected chi connectivity index (χ2v) is 7.97. The van der Waals surface area contributed by atoms with E-state index in [4.69, 9.17) is 28.7 Å². The van der Waals surface area contributed by atoms with E-state index in [0.717, 1.165) is 5.56 Å². The van der Waals surface area contributed by atoms with Gasteiger partial charge in [0.1, 0.15) is 0 Å². The average molecular weight is 492 g/mol. The molecular weight excluding hydrogens is 462 g/mol. The van der Waals surface area contributed by atoms with Crippen molar-refractivity contribution >= 4 is 16.9 Å². The Morgan fingerprint density at radius 2 is 1.61 bits per heavy atom. The highest BCUT2D eigenvalue weighted by molar-refractivity contribution is 6.08. The third kappa shape index (κ3) is 4.77. The van der Waals surface area contributed by atoms with E-state index in [2.05, 4.69) is 4.98 Å². The molecule has 0 amide bonds. The van der Waals surface area contributed by atoms with Gasteiger partial charge in [0.15, 0.2) is 23.0 Å². The smallest absolute Gasteiger partial charge is 0.340 e. The SMILES string of the molecule is CCCOC(=O)c1c(Cn2ccnc2)nc2cc(OC)c(OC)cc2c1-c1ccc(OC)c(OC)c1. The summed E-state index contributed by atoms with van der Waals surface area (Å²) in [4.78, 5) is 22.6. The van der Waals surface area contributed by atoms with Crippen LogP contribution in [0.4, 0.5) is 0 Å². The summed E-state index contributed by atoms with van der Waals surface area (Å²) >= 11 is 0. The van der Waals surface area contributed by atoms with Gasteiger partial charge in [-0.25, -0.2) is 14.8 Å². The van der Waals surface area contributed by atoms with Gasteiger partial charge in [-0.1, -0.05) is 13.0 Å². The number of esters is 1. The Labute approximate surface area is 209 Å². The number of pyridine rings is 1. The fourth-order valence-electron chi connectivity index (χ4n) is 4.09. The van der Waals surface area contributed by atoms with Crippen LogP contribution in [0.5, 0.6) is 23.0 Å². The number of methoxy groups -OCH3 is 4. The van der Waals surface area contributed by atoms with Gasteiger partial charge in [0, 0.05) is 29.4 Å². The lowest BCUT2D eigenvalue weighted by atomic mass is 9.93. The van der Waals surface area contributed by atoms with E-state index in [1.54, 1.807) is 53.1 Å². The molecule has 4 rings (SSSR count). The molecule has 2 aromatic heterocycles. The summed E-state index contributed by atoms with van der Waals surface area (Å²) in [7, 11) is 6.28. The van der Waals surface area contributed by atoms with E-state index in [-0.39, 0.29) is 0 Å². The summed E-state index contributed by atoms with van der Waals surface area (Å²) in [5, 5.41) is 0.706. The summed E-state index contributed by atoms with van der Waals surface area (Å²) in [6.07, 6.45) is 5.87. The zero-order valence-corrected chi connectivity index (χ0v) is 21.0. The molecule has 9 heteroatoms. The van der Waals surface area contributed by atoms with Crippen LogP contribution >= 0.6 is 0 Å². The minimum atomic E-state index is -0.457. The number of aromatic nitrogens is 3. The lowest BCUT2D eigenvalue weighted by molar-refractivity contribution is 0.0504. The molecule has 0 unspecified atom stereocenters. The van der Waals surface area contributed by atoms with E-state index in [9.17, 15) is 4.79 Å². The number of carbonyl (C=O) groups is 1. The molecule has 2 heterocycles. The largest absolute Gasteiger partial charge is 0.493 e. The molecule has 0 aliphatic carbocycles. The van der Waals surface area contributed by atoms with Gasteiger partial charge in [-0.15, -0.1) is 0 Å². The number of nitrogens with zero attached hydrogens (tertiary/aromatic N) is 3. The topological polar surface area (TPSA) is 93.9 Å². The molecule has 9 nitrogen and oxygen atoms in total. The lowest BCUT2D eigenvalue weighted by Gasteiger charge is -2.19. The van der Waals surface area contributed by atoms with Crippen molar-refractivity contribution in [2.24, 2.45) is 0 Å². The maximum Gasteiger partial charge on any atom is 0.340 e. The molecule has 188 valence electrons. The normalized spacial score (nSPS) is 10.8. The van der Waals surface area contributed by atoms with Crippen molar-refractivity contribution in [1.82, 2.24) is 14.5 Å². The van der Waals surface area contributed by atoms with Gasteiger partial charge in [0.2, 0.25) is 0 Å². The molecule has 0 radical (unpaired) electrons. The van der Waals surface area contributed by atoms with Gasteiger partial charge in [0.05, 0.1) is 64.7 Å². The second kappa shape index (κ2) is 11.0. The molecule has 4 aromatic rings. The van der Waals surface area contributed by atoms with Crippen LogP contribution < -0.4 is 18.9 Å². The van der Waals surface area contributed by atoms with Gasteiger partial charge in [-0.2, -0.15) is 0 Å². The number of hydrogen-bond donors (Lipinski definition) is 0. The number of benzene rings is 2. The quantitative estimate of drug-likeness (QED) is 0.294. The number of carbonyl (C=O) groups excluding carboxylic acids is 1. The Morgan fingerprint density at radius 1 is 0.917 bits per heavy atom. The van der Waals surface area contributed by atoms with Gasteiger partial charge in [-0.3, -0.25) is 0 Å². The summed E-state index contributed by atoms with van der Waals surface area (Å²) in [6.45, 7) is 2.56. The highest BCUT2D eigenvalue weighted by Gasteiger charge is 2.26. The first-order valence-electron chi connectivity index (χ1n) is 11.5. The minimum absolute atomic E-state index is 0.290. The summed E-state index contributed by atoms with van der Waals surface area (Å²) in [6, 6.07) is 9.14. The number of imidazole rings is 1. The number of hydrogen-bond acceptors (Lipinski definition) is 8. The second-order valence-electron chi connectivity index (χ2n) is 7.97. The highest BCUT2D eigenvalue weighted by Crippen LogP contribution is 2.42. The third-order valence-electron chi connectivity index (χ3n) is 5.77. The summed E-state index contributed by atoms with van der Waals surface area (Å²) < 4.78 is 29.6. The minimum Gasteiger partial charge on any atom is -0.493 e. The first-order valence-corrected chi connectivity index (χ1v) is 11.5. The third-order valence-corrected chi connectivity index (χ3v) is 5.77. The molecule has 0 N–H and O–H groups in total. The van der Waals surface area contributed by atoms with Crippen molar-refractivity contribution in [1.29, 1.82) is 0 Å². The molecule has 0 atom stereocenters. The predicted molar refractivity (Wildman–Crippen MR) is 135 cm³/mol. The van der Waals surface area contributed by atoms with Crippen LogP contribution in [0.2, 0.25) is 0 Å². The van der Waals surface area contributed by atoms with E-state index in [1.165, 1.54) is 0 Å². The van der Waals surface area contributed by atoms with Crippen molar-refractivity contribution in [3.8, 4) is 34.1 Å². The Morgan fingerprint density at radius 3 is 2.25 bits per heavy atom. The van der Waals surface area contributed by atoms with Crippen LogP contribution in [-0.4, -0.2) is 55.6 Å².